The SMILES string of the molecule is CN1CCSC1C(=O)O. The van der Waals surface area contributed by atoms with E-state index < -0.39 is 5.97 Å². The van der Waals surface area contributed by atoms with Crippen molar-refractivity contribution in [2.45, 2.75) is 5.37 Å². The zero-order chi connectivity index (χ0) is 6.85. The molecule has 0 saturated carbocycles. The van der Waals surface area contributed by atoms with Crippen LogP contribution in [-0.4, -0.2) is 40.7 Å². The molecule has 0 aliphatic carbocycles. The van der Waals surface area contributed by atoms with E-state index in [1.807, 2.05) is 11.9 Å². The van der Waals surface area contributed by atoms with E-state index in [4.69, 9.17) is 5.11 Å². The lowest BCUT2D eigenvalue weighted by Crippen LogP contribution is -2.30. The second kappa shape index (κ2) is 2.58. The average Bonchev–Trinajstić information content (AvgIpc) is 2.13. The van der Waals surface area contributed by atoms with Crippen molar-refractivity contribution in [1.29, 1.82) is 0 Å². The Morgan fingerprint density at radius 2 is 2.56 bits per heavy atom. The average molecular weight is 147 g/mol. The van der Waals surface area contributed by atoms with Crippen molar-refractivity contribution in [3.05, 3.63) is 0 Å². The van der Waals surface area contributed by atoms with Crippen LogP contribution in [0.15, 0.2) is 0 Å². The standard InChI is InChI=1S/C5H9NO2S/c1-6-2-3-9-4(6)5(7)8/h4H,2-3H2,1H3,(H,7,8). The first-order valence-corrected chi connectivity index (χ1v) is 3.81. The van der Waals surface area contributed by atoms with Crippen LogP contribution in [0.4, 0.5) is 0 Å². The molecule has 1 aliphatic rings. The van der Waals surface area contributed by atoms with Gasteiger partial charge in [-0.2, -0.15) is 0 Å². The van der Waals surface area contributed by atoms with E-state index >= 15 is 0 Å². The first kappa shape index (κ1) is 6.89. The second-order valence-electron chi connectivity index (χ2n) is 2.04. The number of hydrogen-bond donors (Lipinski definition) is 1. The molecule has 1 atom stereocenters. The van der Waals surface area contributed by atoms with E-state index in [2.05, 4.69) is 0 Å². The third kappa shape index (κ3) is 1.37. The van der Waals surface area contributed by atoms with Gasteiger partial charge in [0.05, 0.1) is 0 Å². The maximum Gasteiger partial charge on any atom is 0.331 e. The number of thioether (sulfide) groups is 1. The van der Waals surface area contributed by atoms with Gasteiger partial charge in [0.1, 0.15) is 0 Å². The molecular weight excluding hydrogens is 138 g/mol. The Kier molecular flexibility index (Phi) is 1.97. The van der Waals surface area contributed by atoms with Gasteiger partial charge in [-0.1, -0.05) is 0 Å². The van der Waals surface area contributed by atoms with Gasteiger partial charge < -0.3 is 5.11 Å². The topological polar surface area (TPSA) is 40.5 Å². The molecule has 0 aromatic rings. The van der Waals surface area contributed by atoms with Crippen molar-refractivity contribution in [2.24, 2.45) is 0 Å². The molecule has 52 valence electrons. The van der Waals surface area contributed by atoms with Crippen LogP contribution in [-0.2, 0) is 4.79 Å². The molecule has 0 spiro atoms. The zero-order valence-electron chi connectivity index (χ0n) is 5.20. The van der Waals surface area contributed by atoms with Gasteiger partial charge in [-0.3, -0.25) is 4.90 Å². The number of hydrogen-bond acceptors (Lipinski definition) is 3. The first-order valence-electron chi connectivity index (χ1n) is 2.76. The fourth-order valence-corrected chi connectivity index (χ4v) is 1.93. The smallest absolute Gasteiger partial charge is 0.331 e. The Bertz CT molecular complexity index is 128. The molecule has 1 fully saturated rings. The highest BCUT2D eigenvalue weighted by molar-refractivity contribution is 8.00. The lowest BCUT2D eigenvalue weighted by Gasteiger charge is -2.12. The van der Waals surface area contributed by atoms with Crippen LogP contribution in [0.1, 0.15) is 0 Å². The zero-order valence-corrected chi connectivity index (χ0v) is 6.02. The highest BCUT2D eigenvalue weighted by Crippen LogP contribution is 2.21. The summed E-state index contributed by atoms with van der Waals surface area (Å²) in [4.78, 5) is 12.2. The third-order valence-electron chi connectivity index (χ3n) is 1.33. The van der Waals surface area contributed by atoms with E-state index in [0.717, 1.165) is 12.3 Å². The van der Waals surface area contributed by atoms with Crippen LogP contribution in [0.3, 0.4) is 0 Å². The summed E-state index contributed by atoms with van der Waals surface area (Å²) in [5.74, 6) is 0.216. The summed E-state index contributed by atoms with van der Waals surface area (Å²) in [5, 5.41) is 8.22. The highest BCUT2D eigenvalue weighted by Gasteiger charge is 2.27. The summed E-state index contributed by atoms with van der Waals surface area (Å²) in [6.45, 7) is 0.891. The van der Waals surface area contributed by atoms with E-state index in [0.29, 0.717) is 0 Å². The number of carboxylic acid groups (broad SMARTS) is 1. The minimum Gasteiger partial charge on any atom is -0.479 e. The quantitative estimate of drug-likeness (QED) is 0.570. The summed E-state index contributed by atoms with van der Waals surface area (Å²) < 4.78 is 0. The predicted molar refractivity (Wildman–Crippen MR) is 36.5 cm³/mol. The molecule has 0 aromatic carbocycles. The normalized spacial score (nSPS) is 28.8. The summed E-state index contributed by atoms with van der Waals surface area (Å²) in [6, 6.07) is 0. The maximum atomic E-state index is 10.3. The summed E-state index contributed by atoms with van der Waals surface area (Å²) in [6.07, 6.45) is 0. The molecule has 4 heteroatoms. The third-order valence-corrected chi connectivity index (χ3v) is 2.63. The Hall–Kier alpha value is -0.220. The van der Waals surface area contributed by atoms with Crippen molar-refractivity contribution in [3.8, 4) is 0 Å². The monoisotopic (exact) mass is 147 g/mol. The summed E-state index contributed by atoms with van der Waals surface area (Å²) >= 11 is 1.48. The highest BCUT2D eigenvalue weighted by atomic mass is 32.2. The van der Waals surface area contributed by atoms with Crippen LogP contribution in [0, 0.1) is 0 Å². The molecular formula is C5H9NO2S. The minimum atomic E-state index is -0.722. The molecule has 1 N–H and O–H groups in total. The number of nitrogens with zero attached hydrogens (tertiary/aromatic N) is 1. The number of carbonyl (C=O) groups is 1. The lowest BCUT2D eigenvalue weighted by atomic mass is 10.5. The molecule has 0 amide bonds. The Labute approximate surface area is 58.0 Å². The second-order valence-corrected chi connectivity index (χ2v) is 3.23. The fraction of sp³-hybridized carbons (Fsp3) is 0.800. The van der Waals surface area contributed by atoms with Gasteiger partial charge in [-0.25, -0.2) is 4.79 Å². The fourth-order valence-electron chi connectivity index (χ4n) is 0.813. The Balaban J connectivity index is 2.49. The number of likely N-dealkylation sites (N-methyl/N-ethyl adjacent to an activating group) is 1. The van der Waals surface area contributed by atoms with Crippen molar-refractivity contribution >= 4 is 17.7 Å². The van der Waals surface area contributed by atoms with Crippen LogP contribution in [0.25, 0.3) is 0 Å². The van der Waals surface area contributed by atoms with Crippen molar-refractivity contribution < 1.29 is 9.90 Å². The van der Waals surface area contributed by atoms with Gasteiger partial charge in [0, 0.05) is 12.3 Å². The lowest BCUT2D eigenvalue weighted by molar-refractivity contribution is -0.139. The number of rotatable bonds is 1. The predicted octanol–water partition coefficient (Wildman–Crippen LogP) is 0.0757. The largest absolute Gasteiger partial charge is 0.479 e. The van der Waals surface area contributed by atoms with Gasteiger partial charge in [-0.05, 0) is 7.05 Å². The molecule has 0 radical (unpaired) electrons. The number of aliphatic carboxylic acids is 1. The first-order chi connectivity index (χ1) is 4.22. The molecule has 1 rings (SSSR count). The van der Waals surface area contributed by atoms with Gasteiger partial charge >= 0.3 is 5.97 Å². The van der Waals surface area contributed by atoms with Crippen LogP contribution in [0.2, 0.25) is 0 Å². The van der Waals surface area contributed by atoms with Gasteiger partial charge in [0.15, 0.2) is 5.37 Å². The number of carboxylic acids is 1. The molecule has 1 saturated heterocycles. The summed E-state index contributed by atoms with van der Waals surface area (Å²) in [7, 11) is 1.83. The molecule has 1 unspecified atom stereocenters. The molecule has 0 aromatic heterocycles. The summed E-state index contributed by atoms with van der Waals surface area (Å²) in [5.41, 5.74) is 0. The van der Waals surface area contributed by atoms with E-state index in [1.165, 1.54) is 11.8 Å². The van der Waals surface area contributed by atoms with E-state index in [1.54, 1.807) is 0 Å². The van der Waals surface area contributed by atoms with Gasteiger partial charge in [-0.15, -0.1) is 11.8 Å². The van der Waals surface area contributed by atoms with E-state index in [-0.39, 0.29) is 5.37 Å². The van der Waals surface area contributed by atoms with E-state index in [9.17, 15) is 4.79 Å². The van der Waals surface area contributed by atoms with Gasteiger partial charge in [0.25, 0.3) is 0 Å². The molecule has 9 heavy (non-hydrogen) atoms. The molecule has 1 aliphatic heterocycles. The maximum absolute atomic E-state index is 10.3. The molecule has 1 heterocycles. The molecule has 0 bridgehead atoms. The Morgan fingerprint density at radius 3 is 2.78 bits per heavy atom. The van der Waals surface area contributed by atoms with Crippen molar-refractivity contribution in [3.63, 3.8) is 0 Å². The molecule has 3 nitrogen and oxygen atoms in total. The van der Waals surface area contributed by atoms with Crippen LogP contribution >= 0.6 is 11.8 Å². The Morgan fingerprint density at radius 1 is 1.89 bits per heavy atom. The minimum absolute atomic E-state index is 0.301. The van der Waals surface area contributed by atoms with Gasteiger partial charge in [0.2, 0.25) is 0 Å². The van der Waals surface area contributed by atoms with Crippen LogP contribution < -0.4 is 0 Å². The van der Waals surface area contributed by atoms with Crippen molar-refractivity contribution in [2.75, 3.05) is 19.3 Å². The van der Waals surface area contributed by atoms with Crippen molar-refractivity contribution in [1.82, 2.24) is 4.90 Å². The van der Waals surface area contributed by atoms with Crippen LogP contribution in [0.5, 0.6) is 0 Å².